The Morgan fingerprint density at radius 3 is 2.07 bits per heavy atom. The van der Waals surface area contributed by atoms with E-state index < -0.39 is 23.3 Å². The molecular weight excluding hydrogens is 555 g/mol. The second-order valence-corrected chi connectivity index (χ2v) is 10.4. The molecule has 3 aromatic rings. The molecule has 0 unspecified atom stereocenters. The molecule has 1 heterocycles. The number of hydrogen-bond donors (Lipinski definition) is 3. The monoisotopic (exact) mass is 589 g/mol. The second-order valence-electron chi connectivity index (χ2n) is 10.4. The van der Waals surface area contributed by atoms with Gasteiger partial charge in [0.15, 0.2) is 5.60 Å². The van der Waals surface area contributed by atoms with Crippen molar-refractivity contribution in [2.75, 3.05) is 23.8 Å². The molecule has 0 aliphatic heterocycles. The summed E-state index contributed by atoms with van der Waals surface area (Å²) in [5.41, 5.74) is -1.75. The van der Waals surface area contributed by atoms with E-state index in [2.05, 4.69) is 25.6 Å². The Morgan fingerprint density at radius 1 is 0.857 bits per heavy atom. The molecule has 1 aromatic heterocycles. The number of aliphatic carboxylic acids is 1. The van der Waals surface area contributed by atoms with Crippen molar-refractivity contribution < 1.29 is 37.3 Å². The standard InChI is InChI=1S/C29H34F3N5O5/c1-28(2,24(38)39)42-23-15-13-22(14-16-23)40-17-18-41-27-36-25(33-20-7-5-3-4-6-8-20)35-26(37-27)34-21-11-9-19(10-12-21)29(30,31)32/h9-16,20H,3-8,17-18H2,1-2H3,(H,38,39)(H2,33,34,35,36,37). The van der Waals surface area contributed by atoms with Gasteiger partial charge < -0.3 is 30.0 Å². The highest BCUT2D eigenvalue weighted by atomic mass is 19.4. The van der Waals surface area contributed by atoms with Crippen LogP contribution in [0.15, 0.2) is 48.5 Å². The highest BCUT2D eigenvalue weighted by molar-refractivity contribution is 5.76. The third kappa shape index (κ3) is 9.11. The minimum Gasteiger partial charge on any atom is -0.490 e. The van der Waals surface area contributed by atoms with Gasteiger partial charge in [0.25, 0.3) is 0 Å². The molecule has 0 bridgehead atoms. The minimum absolute atomic E-state index is 0.0267. The summed E-state index contributed by atoms with van der Waals surface area (Å²) in [5, 5.41) is 15.5. The molecule has 1 saturated carbocycles. The maximum absolute atomic E-state index is 12.9. The van der Waals surface area contributed by atoms with Crippen LogP contribution in [0.1, 0.15) is 57.9 Å². The van der Waals surface area contributed by atoms with Crippen LogP contribution in [0.25, 0.3) is 0 Å². The Labute approximate surface area is 241 Å². The molecule has 0 radical (unpaired) electrons. The number of nitrogens with zero attached hydrogens (tertiary/aromatic N) is 3. The molecule has 1 fully saturated rings. The van der Waals surface area contributed by atoms with E-state index in [9.17, 15) is 23.1 Å². The number of alkyl halides is 3. The van der Waals surface area contributed by atoms with Crippen LogP contribution >= 0.6 is 0 Å². The fourth-order valence-corrected chi connectivity index (χ4v) is 4.25. The number of halogens is 3. The zero-order valence-corrected chi connectivity index (χ0v) is 23.4. The largest absolute Gasteiger partial charge is 0.490 e. The predicted molar refractivity (Wildman–Crippen MR) is 149 cm³/mol. The van der Waals surface area contributed by atoms with Gasteiger partial charge >= 0.3 is 18.2 Å². The molecule has 10 nitrogen and oxygen atoms in total. The van der Waals surface area contributed by atoms with Gasteiger partial charge in [-0.3, -0.25) is 0 Å². The van der Waals surface area contributed by atoms with E-state index in [1.54, 1.807) is 24.3 Å². The van der Waals surface area contributed by atoms with Crippen molar-refractivity contribution in [3.8, 4) is 17.5 Å². The van der Waals surface area contributed by atoms with Crippen LogP contribution in [0, 0.1) is 0 Å². The zero-order valence-electron chi connectivity index (χ0n) is 23.4. The Morgan fingerprint density at radius 2 is 1.45 bits per heavy atom. The first kappa shape index (κ1) is 30.7. The first-order valence-corrected chi connectivity index (χ1v) is 13.7. The van der Waals surface area contributed by atoms with Crippen molar-refractivity contribution in [3.05, 3.63) is 54.1 Å². The van der Waals surface area contributed by atoms with E-state index >= 15 is 0 Å². The van der Waals surface area contributed by atoms with Crippen LogP contribution in [0.4, 0.5) is 30.8 Å². The molecule has 0 atom stereocenters. The summed E-state index contributed by atoms with van der Waals surface area (Å²) in [6.45, 7) is 3.16. The van der Waals surface area contributed by atoms with Crippen molar-refractivity contribution in [1.29, 1.82) is 0 Å². The molecule has 42 heavy (non-hydrogen) atoms. The van der Waals surface area contributed by atoms with Gasteiger partial charge in [-0.1, -0.05) is 25.7 Å². The number of carboxylic acid groups (broad SMARTS) is 1. The molecule has 13 heteroatoms. The van der Waals surface area contributed by atoms with Gasteiger partial charge in [0.05, 0.1) is 5.56 Å². The smallest absolute Gasteiger partial charge is 0.416 e. The number of anilines is 3. The summed E-state index contributed by atoms with van der Waals surface area (Å²) < 4.78 is 55.8. The summed E-state index contributed by atoms with van der Waals surface area (Å²) in [6.07, 6.45) is 2.10. The average Bonchev–Trinajstić information content (AvgIpc) is 3.20. The lowest BCUT2D eigenvalue weighted by Crippen LogP contribution is -2.37. The van der Waals surface area contributed by atoms with E-state index in [-0.39, 0.29) is 31.2 Å². The van der Waals surface area contributed by atoms with E-state index in [1.807, 2.05) is 0 Å². The molecular formula is C29H34F3N5O5. The fraction of sp³-hybridized carbons (Fsp3) is 0.448. The van der Waals surface area contributed by atoms with Gasteiger partial charge in [-0.25, -0.2) is 4.79 Å². The predicted octanol–water partition coefficient (Wildman–Crippen LogP) is 6.47. The molecule has 3 N–H and O–H groups in total. The molecule has 4 rings (SSSR count). The number of aromatic nitrogens is 3. The number of rotatable bonds is 12. The number of carboxylic acids is 1. The molecule has 1 aliphatic carbocycles. The van der Waals surface area contributed by atoms with Crippen molar-refractivity contribution in [2.45, 2.75) is 70.2 Å². The molecule has 0 amide bonds. The van der Waals surface area contributed by atoms with Crippen LogP contribution in [-0.2, 0) is 11.0 Å². The van der Waals surface area contributed by atoms with Crippen LogP contribution in [-0.4, -0.2) is 50.9 Å². The van der Waals surface area contributed by atoms with Crippen molar-refractivity contribution in [1.82, 2.24) is 15.0 Å². The molecule has 2 aromatic carbocycles. The van der Waals surface area contributed by atoms with Gasteiger partial charge in [-0.05, 0) is 75.2 Å². The van der Waals surface area contributed by atoms with E-state index in [1.165, 1.54) is 38.8 Å². The Balaban J connectivity index is 1.39. The lowest BCUT2D eigenvalue weighted by atomic mass is 10.1. The highest BCUT2D eigenvalue weighted by Crippen LogP contribution is 2.30. The van der Waals surface area contributed by atoms with E-state index in [0.717, 1.165) is 37.8 Å². The summed E-state index contributed by atoms with van der Waals surface area (Å²) >= 11 is 0. The topological polar surface area (TPSA) is 128 Å². The third-order valence-corrected chi connectivity index (χ3v) is 6.57. The Bertz CT molecular complexity index is 1310. The number of carbonyl (C=O) groups is 1. The number of nitrogens with one attached hydrogen (secondary N) is 2. The van der Waals surface area contributed by atoms with E-state index in [0.29, 0.717) is 23.1 Å². The van der Waals surface area contributed by atoms with Gasteiger partial charge in [0.2, 0.25) is 11.9 Å². The maximum atomic E-state index is 12.9. The number of benzene rings is 2. The van der Waals surface area contributed by atoms with Gasteiger partial charge in [-0.15, -0.1) is 0 Å². The van der Waals surface area contributed by atoms with Crippen molar-refractivity contribution >= 4 is 23.6 Å². The van der Waals surface area contributed by atoms with Crippen LogP contribution in [0.5, 0.6) is 17.5 Å². The quantitative estimate of drug-likeness (QED) is 0.160. The fourth-order valence-electron chi connectivity index (χ4n) is 4.25. The highest BCUT2D eigenvalue weighted by Gasteiger charge is 2.30. The minimum atomic E-state index is -4.43. The Kier molecular flexibility index (Phi) is 9.92. The normalized spacial score (nSPS) is 14.5. The SMILES string of the molecule is CC(C)(Oc1ccc(OCCOc2nc(Nc3ccc(C(F)(F)F)cc3)nc(NC3CCCCCC3)n2)cc1)C(=O)O. The van der Waals surface area contributed by atoms with Crippen LogP contribution in [0.2, 0.25) is 0 Å². The van der Waals surface area contributed by atoms with Crippen molar-refractivity contribution in [3.63, 3.8) is 0 Å². The maximum Gasteiger partial charge on any atom is 0.416 e. The summed E-state index contributed by atoms with van der Waals surface area (Å²) in [4.78, 5) is 24.3. The molecule has 226 valence electrons. The lowest BCUT2D eigenvalue weighted by Gasteiger charge is -2.21. The lowest BCUT2D eigenvalue weighted by molar-refractivity contribution is -0.152. The average molecular weight is 590 g/mol. The first-order chi connectivity index (χ1) is 20.0. The van der Waals surface area contributed by atoms with Crippen LogP contribution < -0.4 is 24.8 Å². The molecule has 0 saturated heterocycles. The second kappa shape index (κ2) is 13.6. The summed E-state index contributed by atoms with van der Waals surface area (Å²) in [6, 6.07) is 11.3. The molecule has 0 spiro atoms. The Hall–Kier alpha value is -4.29. The van der Waals surface area contributed by atoms with Crippen LogP contribution in [0.3, 0.4) is 0 Å². The van der Waals surface area contributed by atoms with E-state index in [4.69, 9.17) is 14.2 Å². The summed E-state index contributed by atoms with van der Waals surface area (Å²) in [7, 11) is 0. The molecule has 1 aliphatic rings. The number of ether oxygens (including phenoxy) is 3. The number of hydrogen-bond acceptors (Lipinski definition) is 9. The third-order valence-electron chi connectivity index (χ3n) is 6.57. The van der Waals surface area contributed by atoms with Gasteiger partial charge in [-0.2, -0.15) is 28.1 Å². The van der Waals surface area contributed by atoms with Gasteiger partial charge in [0.1, 0.15) is 24.7 Å². The zero-order chi connectivity index (χ0) is 30.2. The summed E-state index contributed by atoms with van der Waals surface area (Å²) in [5.74, 6) is 0.260. The van der Waals surface area contributed by atoms with Gasteiger partial charge in [0, 0.05) is 11.7 Å². The first-order valence-electron chi connectivity index (χ1n) is 13.7. The van der Waals surface area contributed by atoms with Crippen molar-refractivity contribution in [2.24, 2.45) is 0 Å².